The summed E-state index contributed by atoms with van der Waals surface area (Å²) in [6.45, 7) is 4.07. The number of aromatic nitrogens is 3. The Morgan fingerprint density at radius 2 is 2.21 bits per heavy atom. The maximum atomic E-state index is 12.8. The molecule has 130 valence electrons. The summed E-state index contributed by atoms with van der Waals surface area (Å²) in [5.41, 5.74) is 0. The van der Waals surface area contributed by atoms with Gasteiger partial charge >= 0.3 is 0 Å². The number of carbonyl (C=O) groups is 2. The van der Waals surface area contributed by atoms with Crippen LogP contribution in [-0.2, 0) is 20.7 Å². The molecule has 3 fully saturated rings. The number of hydrogen-bond donors (Lipinski definition) is 1. The number of likely N-dealkylation sites (tertiary alicyclic amines) is 1. The number of nitrogens with one attached hydrogen (secondary N) is 1. The van der Waals surface area contributed by atoms with Gasteiger partial charge in [0, 0.05) is 32.0 Å². The molecule has 2 saturated heterocycles. The molecule has 3 heterocycles. The van der Waals surface area contributed by atoms with Crippen molar-refractivity contribution >= 4 is 11.8 Å². The van der Waals surface area contributed by atoms with Gasteiger partial charge in [-0.3, -0.25) is 14.7 Å². The van der Waals surface area contributed by atoms with Crippen LogP contribution in [0.5, 0.6) is 0 Å². The number of rotatable bonds is 4. The highest BCUT2D eigenvalue weighted by Gasteiger charge is 2.43. The zero-order valence-electron chi connectivity index (χ0n) is 13.9. The normalized spacial score (nSPS) is 27.8. The lowest BCUT2D eigenvalue weighted by atomic mass is 10.1. The molecule has 1 aromatic heterocycles. The van der Waals surface area contributed by atoms with E-state index in [1.165, 1.54) is 0 Å². The molecule has 8 nitrogen and oxygen atoms in total. The number of H-pyrrole nitrogens is 1. The van der Waals surface area contributed by atoms with E-state index in [0.29, 0.717) is 44.5 Å². The van der Waals surface area contributed by atoms with Crippen LogP contribution in [0.25, 0.3) is 0 Å². The minimum absolute atomic E-state index is 0.0612. The molecular formula is C16H23N5O3. The zero-order valence-corrected chi connectivity index (χ0v) is 13.9. The molecule has 1 aromatic rings. The van der Waals surface area contributed by atoms with Crippen molar-refractivity contribution in [1.29, 1.82) is 0 Å². The zero-order chi connectivity index (χ0) is 16.7. The van der Waals surface area contributed by atoms with Crippen LogP contribution in [0.4, 0.5) is 0 Å². The lowest BCUT2D eigenvalue weighted by Gasteiger charge is -2.33. The molecule has 3 aliphatic rings. The summed E-state index contributed by atoms with van der Waals surface area (Å²) in [6.07, 6.45) is 2.99. The van der Waals surface area contributed by atoms with Crippen molar-refractivity contribution < 1.29 is 14.3 Å². The van der Waals surface area contributed by atoms with Crippen LogP contribution in [0.1, 0.15) is 43.9 Å². The highest BCUT2D eigenvalue weighted by atomic mass is 16.5. The van der Waals surface area contributed by atoms with Gasteiger partial charge < -0.3 is 14.5 Å². The van der Waals surface area contributed by atoms with E-state index in [-0.39, 0.29) is 23.8 Å². The van der Waals surface area contributed by atoms with Crippen LogP contribution < -0.4 is 0 Å². The number of carbonyl (C=O) groups excluding carboxylic acids is 2. The summed E-state index contributed by atoms with van der Waals surface area (Å²) in [7, 11) is 0. The average Bonchev–Trinajstić information content (AvgIpc) is 3.19. The molecule has 0 radical (unpaired) electrons. The van der Waals surface area contributed by atoms with Crippen molar-refractivity contribution in [3.05, 3.63) is 11.6 Å². The first-order chi connectivity index (χ1) is 11.7. The summed E-state index contributed by atoms with van der Waals surface area (Å²) in [4.78, 5) is 33.0. The van der Waals surface area contributed by atoms with E-state index in [1.807, 2.05) is 16.7 Å². The van der Waals surface area contributed by atoms with Gasteiger partial charge in [0.15, 0.2) is 5.82 Å². The van der Waals surface area contributed by atoms with Crippen molar-refractivity contribution in [2.24, 2.45) is 5.92 Å². The minimum atomic E-state index is -0.295. The largest absolute Gasteiger partial charge is 0.366 e. The fourth-order valence-electron chi connectivity index (χ4n) is 3.51. The highest BCUT2D eigenvalue weighted by molar-refractivity contribution is 5.89. The third kappa shape index (κ3) is 2.90. The standard InChI is InChI=1S/C16H23N5O3/c1-2-13-17-15(19-18-13)12-9-20(5-6-24-12)16(23)10-7-14(22)21(8-10)11-3-4-11/h10-12H,2-9H2,1H3,(H,17,18,19)/t10-,12+/m1/s1. The van der Waals surface area contributed by atoms with Gasteiger partial charge in [0.1, 0.15) is 11.9 Å². The molecule has 1 saturated carbocycles. The third-order valence-corrected chi connectivity index (χ3v) is 5.05. The Kier molecular flexibility index (Phi) is 3.99. The Morgan fingerprint density at radius 3 is 2.92 bits per heavy atom. The Bertz CT molecular complexity index is 641. The summed E-state index contributed by atoms with van der Waals surface area (Å²) in [5.74, 6) is 1.40. The molecule has 0 unspecified atom stereocenters. The monoisotopic (exact) mass is 333 g/mol. The molecule has 1 aliphatic carbocycles. The summed E-state index contributed by atoms with van der Waals surface area (Å²) >= 11 is 0. The van der Waals surface area contributed by atoms with E-state index in [1.54, 1.807) is 0 Å². The van der Waals surface area contributed by atoms with E-state index < -0.39 is 0 Å². The van der Waals surface area contributed by atoms with Gasteiger partial charge in [0.2, 0.25) is 11.8 Å². The Hall–Kier alpha value is -1.96. The second-order valence-corrected chi connectivity index (χ2v) is 6.82. The van der Waals surface area contributed by atoms with Gasteiger partial charge in [-0.2, -0.15) is 5.10 Å². The summed E-state index contributed by atoms with van der Waals surface area (Å²) in [5, 5.41) is 7.08. The molecular weight excluding hydrogens is 310 g/mol. The van der Waals surface area contributed by atoms with E-state index in [4.69, 9.17) is 4.74 Å². The number of amides is 2. The molecule has 2 aliphatic heterocycles. The second kappa shape index (κ2) is 6.16. The van der Waals surface area contributed by atoms with Crippen LogP contribution in [-0.4, -0.2) is 69.1 Å². The summed E-state index contributed by atoms with van der Waals surface area (Å²) in [6, 6.07) is 0.383. The molecule has 0 bridgehead atoms. The van der Waals surface area contributed by atoms with E-state index in [9.17, 15) is 9.59 Å². The van der Waals surface area contributed by atoms with Gasteiger partial charge in [-0.25, -0.2) is 4.98 Å². The van der Waals surface area contributed by atoms with Crippen LogP contribution in [0, 0.1) is 5.92 Å². The Labute approximate surface area is 140 Å². The number of aromatic amines is 1. The van der Waals surface area contributed by atoms with Crippen LogP contribution in [0.15, 0.2) is 0 Å². The van der Waals surface area contributed by atoms with Gasteiger partial charge in [0.25, 0.3) is 0 Å². The number of aryl methyl sites for hydroxylation is 1. The summed E-state index contributed by atoms with van der Waals surface area (Å²) < 4.78 is 5.74. The number of hydrogen-bond acceptors (Lipinski definition) is 5. The maximum Gasteiger partial charge on any atom is 0.228 e. The molecule has 4 rings (SSSR count). The molecule has 0 aromatic carbocycles. The first kappa shape index (κ1) is 15.6. The first-order valence-corrected chi connectivity index (χ1v) is 8.76. The van der Waals surface area contributed by atoms with Crippen molar-refractivity contribution in [2.45, 2.75) is 44.8 Å². The predicted molar refractivity (Wildman–Crippen MR) is 83.9 cm³/mol. The highest BCUT2D eigenvalue weighted by Crippen LogP contribution is 2.33. The number of nitrogens with zero attached hydrogens (tertiary/aromatic N) is 4. The van der Waals surface area contributed by atoms with Crippen molar-refractivity contribution in [3.8, 4) is 0 Å². The average molecular weight is 333 g/mol. The first-order valence-electron chi connectivity index (χ1n) is 8.76. The van der Waals surface area contributed by atoms with Crippen molar-refractivity contribution in [1.82, 2.24) is 25.0 Å². The second-order valence-electron chi connectivity index (χ2n) is 6.82. The third-order valence-electron chi connectivity index (χ3n) is 5.05. The fraction of sp³-hybridized carbons (Fsp3) is 0.750. The topological polar surface area (TPSA) is 91.4 Å². The molecule has 2 amide bonds. The smallest absolute Gasteiger partial charge is 0.228 e. The van der Waals surface area contributed by atoms with Gasteiger partial charge in [-0.15, -0.1) is 0 Å². The van der Waals surface area contributed by atoms with E-state index in [0.717, 1.165) is 25.1 Å². The molecule has 8 heteroatoms. The van der Waals surface area contributed by atoms with E-state index in [2.05, 4.69) is 15.2 Å². The van der Waals surface area contributed by atoms with Crippen molar-refractivity contribution in [3.63, 3.8) is 0 Å². The number of morpholine rings is 1. The fourth-order valence-corrected chi connectivity index (χ4v) is 3.51. The number of ether oxygens (including phenoxy) is 1. The minimum Gasteiger partial charge on any atom is -0.366 e. The van der Waals surface area contributed by atoms with Crippen LogP contribution in [0.3, 0.4) is 0 Å². The Morgan fingerprint density at radius 1 is 1.38 bits per heavy atom. The SMILES string of the molecule is CCc1nc([C@@H]2CN(C(=O)[C@@H]3CC(=O)N(C4CC4)C3)CCO2)n[nH]1. The Balaban J connectivity index is 1.40. The van der Waals surface area contributed by atoms with Crippen molar-refractivity contribution in [2.75, 3.05) is 26.2 Å². The van der Waals surface area contributed by atoms with Crippen LogP contribution >= 0.6 is 0 Å². The van der Waals surface area contributed by atoms with E-state index >= 15 is 0 Å². The van der Waals surface area contributed by atoms with Crippen LogP contribution in [0.2, 0.25) is 0 Å². The maximum absolute atomic E-state index is 12.8. The lowest BCUT2D eigenvalue weighted by Crippen LogP contribution is -2.45. The lowest BCUT2D eigenvalue weighted by molar-refractivity contribution is -0.143. The van der Waals surface area contributed by atoms with Gasteiger partial charge in [-0.05, 0) is 12.8 Å². The predicted octanol–water partition coefficient (Wildman–Crippen LogP) is 0.278. The quantitative estimate of drug-likeness (QED) is 0.854. The molecule has 1 N–H and O–H groups in total. The molecule has 0 spiro atoms. The van der Waals surface area contributed by atoms with Gasteiger partial charge in [0.05, 0.1) is 19.1 Å². The molecule has 24 heavy (non-hydrogen) atoms. The van der Waals surface area contributed by atoms with Gasteiger partial charge in [-0.1, -0.05) is 6.92 Å². The molecule has 2 atom stereocenters.